The number of hydrogen-bond acceptors (Lipinski definition) is 5. The van der Waals surface area contributed by atoms with E-state index >= 15 is 0 Å². The molecule has 8 nitrogen and oxygen atoms in total. The lowest BCUT2D eigenvalue weighted by Crippen LogP contribution is -2.64. The molecule has 2 unspecified atom stereocenters. The van der Waals surface area contributed by atoms with Crippen molar-refractivity contribution in [1.29, 1.82) is 0 Å². The van der Waals surface area contributed by atoms with Gasteiger partial charge < -0.3 is 19.9 Å². The molecule has 3 heterocycles. The fourth-order valence-electron chi connectivity index (χ4n) is 3.78. The standard InChI is InChI=1S/C19H22N4O4/c1-21-12-14(17(24)22-7-9-27-10-8-22)15-16(21)18(25)23(19(26)20-15)11-13-5-3-2-4-6-13/h2-6,12,15-16H,7-11H2,1H3,(H,20,26). The lowest BCUT2D eigenvalue weighted by molar-refractivity contribution is -0.135. The number of morpholine rings is 1. The molecule has 1 aromatic carbocycles. The van der Waals surface area contributed by atoms with E-state index in [0.717, 1.165) is 5.56 Å². The third-order valence-electron chi connectivity index (χ3n) is 5.20. The Morgan fingerprint density at radius 1 is 1.19 bits per heavy atom. The first-order valence-corrected chi connectivity index (χ1v) is 9.03. The zero-order chi connectivity index (χ0) is 19.0. The number of nitrogens with zero attached hydrogens (tertiary/aromatic N) is 3. The number of fused-ring (bicyclic) bond motifs is 1. The number of carbonyl (C=O) groups excluding carboxylic acids is 3. The van der Waals surface area contributed by atoms with Crippen molar-refractivity contribution in [1.82, 2.24) is 20.0 Å². The summed E-state index contributed by atoms with van der Waals surface area (Å²) >= 11 is 0. The SMILES string of the molecule is CN1C=C(C(=O)N2CCOCC2)C2NC(=O)N(Cc3ccccc3)C(=O)C21. The van der Waals surface area contributed by atoms with E-state index in [1.165, 1.54) is 4.90 Å². The van der Waals surface area contributed by atoms with Crippen LogP contribution < -0.4 is 5.32 Å². The van der Waals surface area contributed by atoms with Crippen LogP contribution in [0.15, 0.2) is 42.1 Å². The quantitative estimate of drug-likeness (QED) is 0.820. The Hall–Kier alpha value is -2.87. The molecule has 2 fully saturated rings. The van der Waals surface area contributed by atoms with Crippen molar-refractivity contribution in [3.8, 4) is 0 Å². The van der Waals surface area contributed by atoms with Gasteiger partial charge in [-0.25, -0.2) is 4.79 Å². The summed E-state index contributed by atoms with van der Waals surface area (Å²) in [5.41, 5.74) is 1.32. The Balaban J connectivity index is 1.53. The van der Waals surface area contributed by atoms with Crippen LogP contribution in [0.25, 0.3) is 0 Å². The Morgan fingerprint density at radius 2 is 1.89 bits per heavy atom. The summed E-state index contributed by atoms with van der Waals surface area (Å²) in [5.74, 6) is -0.446. The van der Waals surface area contributed by atoms with Gasteiger partial charge in [0.2, 0.25) is 0 Å². The van der Waals surface area contributed by atoms with Crippen LogP contribution in [0.4, 0.5) is 4.79 Å². The highest BCUT2D eigenvalue weighted by molar-refractivity contribution is 6.05. The molecule has 2 atom stereocenters. The first-order chi connectivity index (χ1) is 13.1. The normalized spacial score (nSPS) is 25.2. The molecule has 0 aromatic heterocycles. The predicted molar refractivity (Wildman–Crippen MR) is 96.3 cm³/mol. The van der Waals surface area contributed by atoms with Crippen molar-refractivity contribution in [3.05, 3.63) is 47.7 Å². The van der Waals surface area contributed by atoms with E-state index < -0.39 is 18.1 Å². The van der Waals surface area contributed by atoms with E-state index in [9.17, 15) is 14.4 Å². The zero-order valence-corrected chi connectivity index (χ0v) is 15.1. The van der Waals surface area contributed by atoms with E-state index in [1.54, 1.807) is 23.0 Å². The van der Waals surface area contributed by atoms with E-state index in [1.807, 2.05) is 30.3 Å². The number of amides is 4. The van der Waals surface area contributed by atoms with E-state index in [4.69, 9.17) is 4.74 Å². The van der Waals surface area contributed by atoms with Gasteiger partial charge in [0, 0.05) is 26.3 Å². The maximum absolute atomic E-state index is 13.0. The number of urea groups is 1. The molecular formula is C19H22N4O4. The summed E-state index contributed by atoms with van der Waals surface area (Å²) in [6, 6.07) is 7.66. The molecule has 4 amide bonds. The minimum atomic E-state index is -0.627. The van der Waals surface area contributed by atoms with Crippen LogP contribution in [0.2, 0.25) is 0 Å². The first kappa shape index (κ1) is 17.5. The number of carbonyl (C=O) groups is 3. The fourth-order valence-corrected chi connectivity index (χ4v) is 3.78. The van der Waals surface area contributed by atoms with Crippen molar-refractivity contribution < 1.29 is 19.1 Å². The lowest BCUT2D eigenvalue weighted by Gasteiger charge is -2.37. The number of imide groups is 1. The molecule has 8 heteroatoms. The fraction of sp³-hybridized carbons (Fsp3) is 0.421. The molecule has 2 saturated heterocycles. The second kappa shape index (κ2) is 7.03. The third-order valence-corrected chi connectivity index (χ3v) is 5.20. The molecule has 27 heavy (non-hydrogen) atoms. The molecule has 0 bridgehead atoms. The number of nitrogens with one attached hydrogen (secondary N) is 1. The van der Waals surface area contributed by atoms with Crippen molar-refractivity contribution in [2.75, 3.05) is 33.4 Å². The summed E-state index contributed by atoms with van der Waals surface area (Å²) < 4.78 is 5.29. The first-order valence-electron chi connectivity index (χ1n) is 9.03. The van der Waals surface area contributed by atoms with Gasteiger partial charge in [-0.15, -0.1) is 0 Å². The predicted octanol–water partition coefficient (Wildman–Crippen LogP) is 0.164. The molecular weight excluding hydrogens is 348 g/mol. The minimum Gasteiger partial charge on any atom is -0.378 e. The number of ether oxygens (including phenoxy) is 1. The molecule has 3 aliphatic rings. The molecule has 0 spiro atoms. The van der Waals surface area contributed by atoms with Gasteiger partial charge in [0.15, 0.2) is 0 Å². The monoisotopic (exact) mass is 370 g/mol. The zero-order valence-electron chi connectivity index (χ0n) is 15.1. The highest BCUT2D eigenvalue weighted by Gasteiger charge is 2.49. The summed E-state index contributed by atoms with van der Waals surface area (Å²) in [6.07, 6.45) is 1.68. The number of likely N-dealkylation sites (N-methyl/N-ethyl adjacent to an activating group) is 1. The largest absolute Gasteiger partial charge is 0.378 e. The molecule has 142 valence electrons. The highest BCUT2D eigenvalue weighted by Crippen LogP contribution is 2.28. The maximum Gasteiger partial charge on any atom is 0.325 e. The van der Waals surface area contributed by atoms with Crippen LogP contribution in [0.1, 0.15) is 5.56 Å². The number of hydrogen-bond donors (Lipinski definition) is 1. The van der Waals surface area contributed by atoms with E-state index in [-0.39, 0.29) is 18.4 Å². The molecule has 4 rings (SSSR count). The van der Waals surface area contributed by atoms with Crippen molar-refractivity contribution in [3.63, 3.8) is 0 Å². The number of rotatable bonds is 3. The minimum absolute atomic E-state index is 0.151. The van der Waals surface area contributed by atoms with Gasteiger partial charge >= 0.3 is 6.03 Å². The molecule has 1 N–H and O–H groups in total. The van der Waals surface area contributed by atoms with Crippen molar-refractivity contribution in [2.45, 2.75) is 18.6 Å². The summed E-state index contributed by atoms with van der Waals surface area (Å²) in [6.45, 7) is 2.23. The van der Waals surface area contributed by atoms with E-state index in [2.05, 4.69) is 5.32 Å². The smallest absolute Gasteiger partial charge is 0.325 e. The van der Waals surface area contributed by atoms with Crippen LogP contribution in [0.3, 0.4) is 0 Å². The lowest BCUT2D eigenvalue weighted by atomic mass is 9.98. The van der Waals surface area contributed by atoms with Gasteiger partial charge in [-0.1, -0.05) is 30.3 Å². The topological polar surface area (TPSA) is 82.2 Å². The third kappa shape index (κ3) is 3.16. The average Bonchev–Trinajstić information content (AvgIpc) is 3.02. The maximum atomic E-state index is 13.0. The molecule has 1 aromatic rings. The van der Waals surface area contributed by atoms with Gasteiger partial charge in [0.1, 0.15) is 6.04 Å². The van der Waals surface area contributed by atoms with Crippen molar-refractivity contribution >= 4 is 17.8 Å². The molecule has 0 radical (unpaired) electrons. The highest BCUT2D eigenvalue weighted by atomic mass is 16.5. The van der Waals surface area contributed by atoms with Crippen LogP contribution in [-0.4, -0.2) is 78.0 Å². The average molecular weight is 370 g/mol. The summed E-state index contributed by atoms with van der Waals surface area (Å²) in [5, 5.41) is 2.86. The Bertz CT molecular complexity index is 788. The Labute approximate surface area is 157 Å². The molecule has 3 aliphatic heterocycles. The van der Waals surface area contributed by atoms with Crippen molar-refractivity contribution in [2.24, 2.45) is 0 Å². The van der Waals surface area contributed by atoms with E-state index in [0.29, 0.717) is 31.9 Å². The van der Waals surface area contributed by atoms with Gasteiger partial charge in [-0.3, -0.25) is 14.5 Å². The summed E-state index contributed by atoms with van der Waals surface area (Å²) in [7, 11) is 1.76. The van der Waals surface area contributed by atoms with Gasteiger partial charge in [0.05, 0.1) is 31.4 Å². The molecule has 0 saturated carbocycles. The van der Waals surface area contributed by atoms with Crippen LogP contribution in [-0.2, 0) is 20.9 Å². The summed E-state index contributed by atoms with van der Waals surface area (Å²) in [4.78, 5) is 43.2. The second-order valence-electron chi connectivity index (χ2n) is 6.94. The van der Waals surface area contributed by atoms with Crippen LogP contribution >= 0.6 is 0 Å². The van der Waals surface area contributed by atoms with Gasteiger partial charge in [-0.2, -0.15) is 0 Å². The Morgan fingerprint density at radius 3 is 2.59 bits per heavy atom. The molecule has 0 aliphatic carbocycles. The number of benzene rings is 1. The second-order valence-corrected chi connectivity index (χ2v) is 6.94. The van der Waals surface area contributed by atoms with Gasteiger partial charge in [-0.05, 0) is 5.56 Å². The van der Waals surface area contributed by atoms with Gasteiger partial charge in [0.25, 0.3) is 11.8 Å². The Kier molecular flexibility index (Phi) is 4.57. The van der Waals surface area contributed by atoms with Crippen LogP contribution in [0, 0.1) is 0 Å². The van der Waals surface area contributed by atoms with Crippen LogP contribution in [0.5, 0.6) is 0 Å².